The second kappa shape index (κ2) is 25.8. The van der Waals surface area contributed by atoms with Crippen molar-refractivity contribution in [2.45, 2.75) is 50.6 Å². The van der Waals surface area contributed by atoms with E-state index < -0.39 is 35.7 Å². The minimum atomic E-state index is -1.21. The van der Waals surface area contributed by atoms with Crippen molar-refractivity contribution >= 4 is 82.5 Å². The fourth-order valence-corrected chi connectivity index (χ4v) is 5.83. The summed E-state index contributed by atoms with van der Waals surface area (Å²) >= 11 is 0. The third kappa shape index (κ3) is 15.7. The van der Waals surface area contributed by atoms with Gasteiger partial charge in [-0.25, -0.2) is 19.2 Å². The van der Waals surface area contributed by atoms with E-state index in [-0.39, 0.29) is 60.2 Å². The molecule has 4 rings (SSSR count). The lowest BCUT2D eigenvalue weighted by Crippen LogP contribution is -2.56. The topological polar surface area (TPSA) is 292 Å². The van der Waals surface area contributed by atoms with Crippen molar-refractivity contribution in [1.82, 2.24) is 32.1 Å². The van der Waals surface area contributed by atoms with Gasteiger partial charge in [0.05, 0.1) is 22.7 Å². The number of carbonyl (C=O) groups is 6. The molecule has 0 bridgehead atoms. The molecule has 6 amide bonds. The number of carbonyl (C=O) groups excluding carboxylic acids is 10. The van der Waals surface area contributed by atoms with E-state index >= 15 is 0 Å². The Morgan fingerprint density at radius 3 is 0.922 bits per heavy atom. The highest BCUT2D eigenvalue weighted by atomic mass is 16.2. The summed E-state index contributed by atoms with van der Waals surface area (Å²) in [6, 6.07) is 20.7. The van der Waals surface area contributed by atoms with Gasteiger partial charge in [0, 0.05) is 35.3 Å². The maximum atomic E-state index is 13.6. The lowest BCUT2D eigenvalue weighted by molar-refractivity contribution is -0.131. The maximum absolute atomic E-state index is 13.6. The normalized spacial score (nSPS) is 10.9. The second-order valence-electron chi connectivity index (χ2n) is 13.5. The summed E-state index contributed by atoms with van der Waals surface area (Å²) in [5.41, 5.74) is 6.73. The molecule has 20 heteroatoms. The molecule has 0 heterocycles. The van der Waals surface area contributed by atoms with Gasteiger partial charge < -0.3 is 21.3 Å². The number of hydrogen-bond acceptors (Lipinski definition) is 14. The van der Waals surface area contributed by atoms with Gasteiger partial charge in [0.15, 0.2) is 0 Å². The zero-order valence-electron chi connectivity index (χ0n) is 33.9. The van der Waals surface area contributed by atoms with Crippen LogP contribution in [0.4, 0.5) is 22.7 Å². The summed E-state index contributed by atoms with van der Waals surface area (Å²) in [6.45, 7) is 0.405. The van der Waals surface area contributed by atoms with Crippen LogP contribution < -0.4 is 32.1 Å². The molecule has 2 atom stereocenters. The summed E-state index contributed by atoms with van der Waals surface area (Å²) in [4.78, 5) is 135. The molecule has 4 aromatic carbocycles. The number of unbranched alkanes of at least 4 members (excludes halogenated alkanes) is 2. The molecule has 0 aliphatic heterocycles. The first-order valence-corrected chi connectivity index (χ1v) is 19.5. The van der Waals surface area contributed by atoms with E-state index in [1.54, 1.807) is 0 Å². The number of hydrogen-bond donors (Lipinski definition) is 6. The molecule has 64 heavy (non-hydrogen) atoms. The fraction of sp³-hybridized carbons (Fsp3) is 0.227. The number of benzene rings is 4. The average molecular weight is 869 g/mol. The number of nitrogens with one attached hydrogen (secondary N) is 6. The van der Waals surface area contributed by atoms with Gasteiger partial charge >= 0.3 is 0 Å². The minimum Gasteiger partial charge on any atom is -0.352 e. The molecule has 0 saturated heterocycles. The third-order valence-electron chi connectivity index (χ3n) is 9.18. The predicted molar refractivity (Wildman–Crippen MR) is 228 cm³/mol. The van der Waals surface area contributed by atoms with Gasteiger partial charge in [-0.3, -0.25) is 39.6 Å². The Labute approximate surface area is 364 Å². The van der Waals surface area contributed by atoms with E-state index in [9.17, 15) is 47.9 Å². The molecule has 0 spiro atoms. The molecule has 0 aromatic heterocycles. The van der Waals surface area contributed by atoms with Gasteiger partial charge in [-0.1, -0.05) is 0 Å². The van der Waals surface area contributed by atoms with Gasteiger partial charge in [-0.2, -0.15) is 20.0 Å². The number of isocyanates is 4. The van der Waals surface area contributed by atoms with Crippen molar-refractivity contribution in [3.8, 4) is 0 Å². The summed E-state index contributed by atoms with van der Waals surface area (Å²) < 4.78 is 0. The van der Waals surface area contributed by atoms with Crippen LogP contribution in [-0.4, -0.2) is 84.9 Å². The van der Waals surface area contributed by atoms with Crippen LogP contribution in [0.1, 0.15) is 80.0 Å². The number of rotatable bonds is 22. The molecule has 0 saturated carbocycles. The average Bonchev–Trinajstić information content (AvgIpc) is 3.30. The van der Waals surface area contributed by atoms with Crippen molar-refractivity contribution in [3.63, 3.8) is 0 Å². The lowest BCUT2D eigenvalue weighted by Gasteiger charge is -2.22. The monoisotopic (exact) mass is 868 g/mol. The Morgan fingerprint density at radius 2 is 0.656 bits per heavy atom. The molecule has 20 nitrogen and oxygen atoms in total. The minimum absolute atomic E-state index is 0.0576. The van der Waals surface area contributed by atoms with Crippen LogP contribution in [0.5, 0.6) is 0 Å². The van der Waals surface area contributed by atoms with Gasteiger partial charge in [0.1, 0.15) is 12.1 Å². The molecular weight excluding hydrogens is 829 g/mol. The Kier molecular flexibility index (Phi) is 19.3. The van der Waals surface area contributed by atoms with Crippen molar-refractivity contribution < 1.29 is 47.9 Å². The smallest absolute Gasteiger partial charge is 0.260 e. The van der Waals surface area contributed by atoms with Crippen molar-refractivity contribution in [2.24, 2.45) is 20.0 Å². The van der Waals surface area contributed by atoms with Crippen LogP contribution in [0.25, 0.3) is 0 Å². The SMILES string of the molecule is O=C=Nc1ccc(C(=O)NCCCCC(NC(=O)c2ccc(N=C=O)cc2)C(=O)NNC(=O)C(CCCCNC(=O)c2ccc(N=C=O)cc2)NC(=O)c2ccc(N=C=O)cc2)cc1. The molecule has 0 aliphatic rings. The third-order valence-corrected chi connectivity index (χ3v) is 9.18. The molecule has 0 aliphatic carbocycles. The zero-order chi connectivity index (χ0) is 46.1. The number of amides is 6. The molecule has 6 N–H and O–H groups in total. The molecule has 0 radical (unpaired) electrons. The first-order chi connectivity index (χ1) is 31.0. The van der Waals surface area contributed by atoms with E-state index in [4.69, 9.17) is 0 Å². The maximum Gasteiger partial charge on any atom is 0.260 e. The van der Waals surface area contributed by atoms with Gasteiger partial charge in [-0.15, -0.1) is 0 Å². The van der Waals surface area contributed by atoms with Gasteiger partial charge in [-0.05, 0) is 136 Å². The van der Waals surface area contributed by atoms with Gasteiger partial charge in [0.25, 0.3) is 35.4 Å². The largest absolute Gasteiger partial charge is 0.352 e. The number of nitrogens with zero attached hydrogens (tertiary/aromatic N) is 4. The highest BCUT2D eigenvalue weighted by Crippen LogP contribution is 2.16. The van der Waals surface area contributed by atoms with Crippen LogP contribution >= 0.6 is 0 Å². The Balaban J connectivity index is 1.40. The molecule has 2 unspecified atom stereocenters. The summed E-state index contributed by atoms with van der Waals surface area (Å²) in [5.74, 6) is -3.71. The van der Waals surface area contributed by atoms with Crippen LogP contribution in [0.15, 0.2) is 117 Å². The zero-order valence-corrected chi connectivity index (χ0v) is 33.9. The summed E-state index contributed by atoms with van der Waals surface area (Å²) in [7, 11) is 0. The molecule has 326 valence electrons. The quantitative estimate of drug-likeness (QED) is 0.0287. The Morgan fingerprint density at radius 1 is 0.391 bits per heavy atom. The van der Waals surface area contributed by atoms with Crippen LogP contribution in [-0.2, 0) is 28.8 Å². The highest BCUT2D eigenvalue weighted by Gasteiger charge is 2.25. The van der Waals surface area contributed by atoms with Crippen molar-refractivity contribution in [1.29, 1.82) is 0 Å². The number of aliphatic imine (C=N–C) groups is 4. The van der Waals surface area contributed by atoms with Crippen molar-refractivity contribution in [2.75, 3.05) is 13.1 Å². The van der Waals surface area contributed by atoms with Crippen LogP contribution in [0, 0.1) is 0 Å². The number of hydrazine groups is 1. The van der Waals surface area contributed by atoms with Crippen molar-refractivity contribution in [3.05, 3.63) is 119 Å². The summed E-state index contributed by atoms with van der Waals surface area (Å²) in [5, 5.41) is 10.8. The first kappa shape index (κ1) is 47.9. The lowest BCUT2D eigenvalue weighted by atomic mass is 10.1. The molecular formula is C44H40N10O10. The molecule has 4 aromatic rings. The molecule has 0 fully saturated rings. The van der Waals surface area contributed by atoms with E-state index in [2.05, 4.69) is 52.1 Å². The Bertz CT molecular complexity index is 2310. The van der Waals surface area contributed by atoms with Crippen LogP contribution in [0.2, 0.25) is 0 Å². The van der Waals surface area contributed by atoms with Crippen LogP contribution in [0.3, 0.4) is 0 Å². The predicted octanol–water partition coefficient (Wildman–Crippen LogP) is 3.80. The van der Waals surface area contributed by atoms with E-state index in [1.807, 2.05) is 0 Å². The van der Waals surface area contributed by atoms with E-state index in [0.717, 1.165) is 0 Å². The summed E-state index contributed by atoms with van der Waals surface area (Å²) in [6.07, 6.45) is 7.15. The standard InChI is InChI=1S/C44H40N10O10/c55-25-47-33-15-7-29(8-16-33)39(59)45-23-3-1-5-37(51-41(61)31-11-19-35(20-12-31)49-27-57)43(63)53-54-44(64)38(52-42(62)32-13-21-36(22-14-32)50-28-58)6-2-4-24-46-40(60)30-9-17-34(18-10-30)48-26-56/h7-22,37-38H,1-6,23-24H2,(H,45,59)(H,46,60)(H,51,61)(H,52,62)(H,53,63)(H,54,64). The Hall–Kier alpha value is -8.78. The first-order valence-electron chi connectivity index (χ1n) is 19.5. The van der Waals surface area contributed by atoms with E-state index in [0.29, 0.717) is 48.2 Å². The fourth-order valence-electron chi connectivity index (χ4n) is 5.83. The van der Waals surface area contributed by atoms with Gasteiger partial charge in [0.2, 0.25) is 24.3 Å². The highest BCUT2D eigenvalue weighted by molar-refractivity contribution is 6.00. The van der Waals surface area contributed by atoms with E-state index in [1.165, 1.54) is 121 Å². The second-order valence-corrected chi connectivity index (χ2v) is 13.5.